The van der Waals surface area contributed by atoms with Crippen LogP contribution in [0.5, 0.6) is 0 Å². The zero-order valence-electron chi connectivity index (χ0n) is 14.5. The molecule has 1 aliphatic rings. The van der Waals surface area contributed by atoms with Gasteiger partial charge in [0.05, 0.1) is 11.4 Å². The third-order valence-corrected chi connectivity index (χ3v) is 3.87. The van der Waals surface area contributed by atoms with Gasteiger partial charge in [0.15, 0.2) is 0 Å². The summed E-state index contributed by atoms with van der Waals surface area (Å²) in [6, 6.07) is 2.18. The molecule has 0 bridgehead atoms. The fraction of sp³-hybridized carbons (Fsp3) is 0.765. The molecule has 0 unspecified atom stereocenters. The number of anilines is 1. The van der Waals surface area contributed by atoms with Gasteiger partial charge in [-0.25, -0.2) is 9.97 Å². The lowest BCUT2D eigenvalue weighted by molar-refractivity contribution is 0.535. The summed E-state index contributed by atoms with van der Waals surface area (Å²) in [5.41, 5.74) is 2.35. The Hall–Kier alpha value is -1.16. The average molecular weight is 290 g/mol. The average Bonchev–Trinajstić information content (AvgIpc) is 2.65. The summed E-state index contributed by atoms with van der Waals surface area (Å²) in [6.07, 6.45) is 1.15. The van der Waals surface area contributed by atoms with E-state index in [2.05, 4.69) is 57.8 Å². The zero-order valence-corrected chi connectivity index (χ0v) is 14.5. The molecular weight excluding hydrogens is 260 g/mol. The summed E-state index contributed by atoms with van der Waals surface area (Å²) in [6.45, 7) is 17.4. The lowest BCUT2D eigenvalue weighted by atomic mass is 9.86. The first kappa shape index (κ1) is 16.2. The van der Waals surface area contributed by atoms with Crippen molar-refractivity contribution in [2.45, 2.75) is 58.8 Å². The predicted octanol–water partition coefficient (Wildman–Crippen LogP) is 2.87. The van der Waals surface area contributed by atoms with Gasteiger partial charge in [0.1, 0.15) is 0 Å². The number of nitrogens with one attached hydrogen (secondary N) is 1. The number of rotatable bonds is 1. The van der Waals surface area contributed by atoms with Crippen molar-refractivity contribution in [1.29, 1.82) is 0 Å². The molecule has 0 atom stereocenters. The van der Waals surface area contributed by atoms with E-state index in [1.54, 1.807) is 0 Å². The molecule has 0 aromatic carbocycles. The minimum Gasteiger partial charge on any atom is -0.339 e. The van der Waals surface area contributed by atoms with Crippen LogP contribution in [-0.2, 0) is 10.8 Å². The molecule has 1 aromatic rings. The van der Waals surface area contributed by atoms with E-state index in [1.807, 2.05) is 0 Å². The quantitative estimate of drug-likeness (QED) is 0.863. The molecule has 2 rings (SSSR count). The largest absolute Gasteiger partial charge is 0.339 e. The summed E-state index contributed by atoms with van der Waals surface area (Å²) in [4.78, 5) is 12.1. The van der Waals surface area contributed by atoms with E-state index in [-0.39, 0.29) is 10.8 Å². The van der Waals surface area contributed by atoms with E-state index < -0.39 is 0 Å². The van der Waals surface area contributed by atoms with E-state index in [0.717, 1.165) is 49.9 Å². The number of hydrogen-bond donors (Lipinski definition) is 1. The fourth-order valence-corrected chi connectivity index (χ4v) is 2.39. The fourth-order valence-electron chi connectivity index (χ4n) is 2.39. The second-order valence-corrected chi connectivity index (χ2v) is 8.03. The summed E-state index contributed by atoms with van der Waals surface area (Å²) in [5, 5.41) is 3.44. The first-order valence-electron chi connectivity index (χ1n) is 8.03. The van der Waals surface area contributed by atoms with Gasteiger partial charge < -0.3 is 10.2 Å². The number of hydrogen-bond acceptors (Lipinski definition) is 4. The molecule has 4 heteroatoms. The molecule has 1 fully saturated rings. The van der Waals surface area contributed by atoms with Crippen molar-refractivity contribution >= 4 is 5.95 Å². The van der Waals surface area contributed by atoms with Crippen molar-refractivity contribution in [2.75, 3.05) is 31.1 Å². The minimum atomic E-state index is 0.0434. The summed E-state index contributed by atoms with van der Waals surface area (Å²) >= 11 is 0. The smallest absolute Gasteiger partial charge is 0.225 e. The maximum atomic E-state index is 4.87. The van der Waals surface area contributed by atoms with Crippen molar-refractivity contribution in [3.63, 3.8) is 0 Å². The molecule has 2 heterocycles. The van der Waals surface area contributed by atoms with Crippen LogP contribution >= 0.6 is 0 Å². The third-order valence-electron chi connectivity index (χ3n) is 3.87. The van der Waals surface area contributed by atoms with Gasteiger partial charge in [-0.3, -0.25) is 0 Å². The standard InChI is InChI=1S/C17H30N4/c1-16(2,3)13-12-14(17(4,5)6)20-15(19-13)21-10-7-8-18-9-11-21/h12,18H,7-11H2,1-6H3. The molecule has 1 saturated heterocycles. The zero-order chi connectivity index (χ0) is 15.7. The summed E-state index contributed by atoms with van der Waals surface area (Å²) < 4.78 is 0. The van der Waals surface area contributed by atoms with Gasteiger partial charge in [-0.1, -0.05) is 41.5 Å². The monoisotopic (exact) mass is 290 g/mol. The van der Waals surface area contributed by atoms with Gasteiger partial charge in [-0.2, -0.15) is 0 Å². The Morgan fingerprint density at radius 1 is 0.905 bits per heavy atom. The number of nitrogens with zero attached hydrogens (tertiary/aromatic N) is 3. The van der Waals surface area contributed by atoms with Gasteiger partial charge in [0.25, 0.3) is 0 Å². The Morgan fingerprint density at radius 3 is 2.00 bits per heavy atom. The molecular formula is C17H30N4. The van der Waals surface area contributed by atoms with Gasteiger partial charge >= 0.3 is 0 Å². The van der Waals surface area contributed by atoms with Crippen LogP contribution in [0, 0.1) is 0 Å². The van der Waals surface area contributed by atoms with Crippen LogP contribution in [0.25, 0.3) is 0 Å². The third kappa shape index (κ3) is 4.16. The van der Waals surface area contributed by atoms with Crippen molar-refractivity contribution < 1.29 is 0 Å². The van der Waals surface area contributed by atoms with Crippen molar-refractivity contribution in [3.05, 3.63) is 17.5 Å². The SMILES string of the molecule is CC(C)(C)c1cc(C(C)(C)C)nc(N2CCCNCC2)n1. The van der Waals surface area contributed by atoms with Crippen LogP contribution in [0.1, 0.15) is 59.4 Å². The topological polar surface area (TPSA) is 41.1 Å². The lowest BCUT2D eigenvalue weighted by Gasteiger charge is -2.27. The Bertz CT molecular complexity index is 442. The van der Waals surface area contributed by atoms with Crippen LogP contribution in [0.15, 0.2) is 6.07 Å². The van der Waals surface area contributed by atoms with E-state index in [0.29, 0.717) is 0 Å². The van der Waals surface area contributed by atoms with Crippen LogP contribution in [0.3, 0.4) is 0 Å². The highest BCUT2D eigenvalue weighted by Crippen LogP contribution is 2.28. The molecule has 118 valence electrons. The van der Waals surface area contributed by atoms with Gasteiger partial charge in [-0.05, 0) is 19.0 Å². The molecule has 4 nitrogen and oxygen atoms in total. The highest BCUT2D eigenvalue weighted by Gasteiger charge is 2.24. The van der Waals surface area contributed by atoms with Crippen molar-refractivity contribution in [1.82, 2.24) is 15.3 Å². The second-order valence-electron chi connectivity index (χ2n) is 8.03. The predicted molar refractivity (Wildman–Crippen MR) is 89.1 cm³/mol. The normalized spacial score (nSPS) is 17.7. The summed E-state index contributed by atoms with van der Waals surface area (Å²) in [7, 11) is 0. The first-order chi connectivity index (χ1) is 9.68. The van der Waals surface area contributed by atoms with Crippen molar-refractivity contribution in [3.8, 4) is 0 Å². The second kappa shape index (κ2) is 5.91. The van der Waals surface area contributed by atoms with E-state index in [1.165, 1.54) is 0 Å². The van der Waals surface area contributed by atoms with Gasteiger partial charge in [0, 0.05) is 30.5 Å². The van der Waals surface area contributed by atoms with Crippen molar-refractivity contribution in [2.24, 2.45) is 0 Å². The molecule has 1 N–H and O–H groups in total. The van der Waals surface area contributed by atoms with E-state index in [9.17, 15) is 0 Å². The summed E-state index contributed by atoms with van der Waals surface area (Å²) in [5.74, 6) is 0.899. The molecule has 21 heavy (non-hydrogen) atoms. The van der Waals surface area contributed by atoms with Crippen LogP contribution in [0.2, 0.25) is 0 Å². The highest BCUT2D eigenvalue weighted by atomic mass is 15.3. The molecule has 0 radical (unpaired) electrons. The molecule has 1 aliphatic heterocycles. The maximum absolute atomic E-state index is 4.87. The van der Waals surface area contributed by atoms with Gasteiger partial charge in [-0.15, -0.1) is 0 Å². The first-order valence-corrected chi connectivity index (χ1v) is 8.03. The Labute approximate surface area is 129 Å². The molecule has 0 saturated carbocycles. The van der Waals surface area contributed by atoms with Crippen LogP contribution in [0.4, 0.5) is 5.95 Å². The van der Waals surface area contributed by atoms with Crippen LogP contribution in [-0.4, -0.2) is 36.1 Å². The van der Waals surface area contributed by atoms with E-state index >= 15 is 0 Å². The molecule has 0 spiro atoms. The lowest BCUT2D eigenvalue weighted by Crippen LogP contribution is -2.31. The number of aromatic nitrogens is 2. The highest BCUT2D eigenvalue weighted by molar-refractivity contribution is 5.36. The molecule has 0 amide bonds. The maximum Gasteiger partial charge on any atom is 0.225 e. The molecule has 1 aromatic heterocycles. The Balaban J connectivity index is 2.44. The van der Waals surface area contributed by atoms with Crippen LogP contribution < -0.4 is 10.2 Å². The molecule has 0 aliphatic carbocycles. The Morgan fingerprint density at radius 2 is 1.48 bits per heavy atom. The Kier molecular flexibility index (Phi) is 4.57. The van der Waals surface area contributed by atoms with Gasteiger partial charge in [0.2, 0.25) is 5.95 Å². The minimum absolute atomic E-state index is 0.0434. The van der Waals surface area contributed by atoms with E-state index in [4.69, 9.17) is 9.97 Å².